The maximum atomic E-state index is 12.9. The van der Waals surface area contributed by atoms with Crippen LogP contribution in [0, 0.1) is 0 Å². The second-order valence-corrected chi connectivity index (χ2v) is 6.51. The molecule has 126 valence electrons. The third kappa shape index (κ3) is 3.00. The van der Waals surface area contributed by atoms with Crippen LogP contribution >= 0.6 is 12.4 Å². The molecular weight excluding hydrogens is 316 g/mol. The molecule has 5 nitrogen and oxygen atoms in total. The van der Waals surface area contributed by atoms with Crippen LogP contribution in [0.3, 0.4) is 0 Å². The van der Waals surface area contributed by atoms with Crippen molar-refractivity contribution in [2.24, 2.45) is 0 Å². The first-order valence-corrected chi connectivity index (χ1v) is 8.14. The Morgan fingerprint density at radius 3 is 2.61 bits per heavy atom. The first kappa shape index (κ1) is 16.4. The van der Waals surface area contributed by atoms with E-state index in [1.54, 1.807) is 0 Å². The largest absolute Gasteiger partial charge is 0.486 e. The second kappa shape index (κ2) is 6.57. The van der Waals surface area contributed by atoms with Crippen LogP contribution in [-0.2, 0) is 0 Å². The Balaban J connectivity index is 0.00000156. The Morgan fingerprint density at radius 2 is 1.87 bits per heavy atom. The molecule has 1 aromatic rings. The van der Waals surface area contributed by atoms with Crippen LogP contribution < -0.4 is 14.8 Å². The van der Waals surface area contributed by atoms with Gasteiger partial charge in [-0.3, -0.25) is 4.79 Å². The number of halogens is 1. The summed E-state index contributed by atoms with van der Waals surface area (Å²) in [5.41, 5.74) is 0.616. The molecule has 2 fully saturated rings. The van der Waals surface area contributed by atoms with Crippen molar-refractivity contribution in [3.05, 3.63) is 23.8 Å². The highest BCUT2D eigenvalue weighted by atomic mass is 35.5. The van der Waals surface area contributed by atoms with Crippen LogP contribution in [0.1, 0.15) is 36.0 Å². The number of carbonyl (C=O) groups is 1. The average molecular weight is 339 g/mol. The van der Waals surface area contributed by atoms with E-state index < -0.39 is 0 Å². The number of benzene rings is 1. The Hall–Kier alpha value is -1.46. The zero-order valence-corrected chi connectivity index (χ0v) is 14.1. The lowest BCUT2D eigenvalue weighted by molar-refractivity contribution is 0.0672. The van der Waals surface area contributed by atoms with Crippen LogP contribution in [-0.4, -0.2) is 49.2 Å². The van der Waals surface area contributed by atoms with E-state index in [9.17, 15) is 4.79 Å². The van der Waals surface area contributed by atoms with Gasteiger partial charge in [-0.05, 0) is 37.8 Å². The summed E-state index contributed by atoms with van der Waals surface area (Å²) in [5.74, 6) is 1.31. The van der Waals surface area contributed by atoms with E-state index in [0.29, 0.717) is 48.4 Å². The molecule has 2 saturated heterocycles. The van der Waals surface area contributed by atoms with Gasteiger partial charge < -0.3 is 19.7 Å². The van der Waals surface area contributed by atoms with Crippen molar-refractivity contribution < 1.29 is 14.3 Å². The molecule has 0 radical (unpaired) electrons. The molecule has 2 bridgehead atoms. The van der Waals surface area contributed by atoms with Gasteiger partial charge in [0, 0.05) is 25.2 Å². The Labute approximate surface area is 142 Å². The van der Waals surface area contributed by atoms with Gasteiger partial charge in [0.1, 0.15) is 13.2 Å². The minimum Gasteiger partial charge on any atom is -0.486 e. The van der Waals surface area contributed by atoms with Crippen LogP contribution in [0.4, 0.5) is 0 Å². The number of nitrogens with zero attached hydrogens (tertiary/aromatic N) is 1. The average Bonchev–Trinajstić information content (AvgIpc) is 2.91. The van der Waals surface area contributed by atoms with E-state index in [2.05, 4.69) is 5.32 Å². The molecule has 3 aliphatic rings. The maximum absolute atomic E-state index is 12.9. The minimum absolute atomic E-state index is 0. The summed E-state index contributed by atoms with van der Waals surface area (Å²) in [7, 11) is 1.92. The molecule has 1 N–H and O–H groups in total. The molecule has 2 atom stereocenters. The molecule has 0 aliphatic carbocycles. The Kier molecular flexibility index (Phi) is 4.69. The Morgan fingerprint density at radius 1 is 1.17 bits per heavy atom. The molecule has 1 aromatic carbocycles. The lowest BCUT2D eigenvalue weighted by Crippen LogP contribution is -2.48. The van der Waals surface area contributed by atoms with Crippen molar-refractivity contribution in [1.29, 1.82) is 0 Å². The molecule has 0 saturated carbocycles. The molecule has 4 rings (SSSR count). The predicted molar refractivity (Wildman–Crippen MR) is 89.7 cm³/mol. The molecular formula is C17H23ClN2O3. The number of para-hydroxylation sites is 1. The number of amides is 1. The highest BCUT2D eigenvalue weighted by Crippen LogP contribution is 2.35. The van der Waals surface area contributed by atoms with Crippen molar-refractivity contribution in [2.45, 2.75) is 43.8 Å². The van der Waals surface area contributed by atoms with Crippen LogP contribution in [0.25, 0.3) is 0 Å². The lowest BCUT2D eigenvalue weighted by Gasteiger charge is -2.36. The fourth-order valence-corrected chi connectivity index (χ4v) is 3.94. The van der Waals surface area contributed by atoms with E-state index in [4.69, 9.17) is 9.47 Å². The minimum atomic E-state index is 0. The molecule has 0 spiro atoms. The summed E-state index contributed by atoms with van der Waals surface area (Å²) in [4.78, 5) is 14.8. The molecule has 2 unspecified atom stereocenters. The number of carbonyl (C=O) groups excluding carboxylic acids is 1. The molecule has 23 heavy (non-hydrogen) atoms. The van der Waals surface area contributed by atoms with Gasteiger partial charge in [-0.25, -0.2) is 0 Å². The van der Waals surface area contributed by atoms with Gasteiger partial charge in [-0.15, -0.1) is 12.4 Å². The summed E-state index contributed by atoms with van der Waals surface area (Å²) in [5, 5.41) is 3.62. The first-order chi connectivity index (χ1) is 10.7. The molecule has 0 aromatic heterocycles. The SMILES string of the molecule is CN(C(=O)c1cccc2c1OCCO2)C1CC2CCC(C1)N2.Cl. The summed E-state index contributed by atoms with van der Waals surface area (Å²) >= 11 is 0. The number of ether oxygens (including phenoxy) is 2. The fraction of sp³-hybridized carbons (Fsp3) is 0.588. The van der Waals surface area contributed by atoms with Crippen molar-refractivity contribution in [1.82, 2.24) is 10.2 Å². The molecule has 6 heteroatoms. The number of nitrogens with one attached hydrogen (secondary N) is 1. The third-order valence-electron chi connectivity index (χ3n) is 5.11. The van der Waals surface area contributed by atoms with Crippen molar-refractivity contribution >= 4 is 18.3 Å². The lowest BCUT2D eigenvalue weighted by atomic mass is 9.97. The summed E-state index contributed by atoms with van der Waals surface area (Å²) in [6.07, 6.45) is 4.57. The molecule has 3 heterocycles. The standard InChI is InChI=1S/C17H22N2O3.ClH/c1-19(13-9-11-5-6-12(10-13)18-11)17(20)14-3-2-4-15-16(14)22-8-7-21-15;/h2-4,11-13,18H,5-10H2,1H3;1H. The van der Waals surface area contributed by atoms with Crippen LogP contribution in [0.5, 0.6) is 11.5 Å². The van der Waals surface area contributed by atoms with E-state index in [1.165, 1.54) is 12.8 Å². The third-order valence-corrected chi connectivity index (χ3v) is 5.11. The van der Waals surface area contributed by atoms with E-state index in [0.717, 1.165) is 12.8 Å². The van der Waals surface area contributed by atoms with Crippen molar-refractivity contribution in [2.75, 3.05) is 20.3 Å². The van der Waals surface area contributed by atoms with Gasteiger partial charge in [-0.2, -0.15) is 0 Å². The van der Waals surface area contributed by atoms with Gasteiger partial charge in [0.2, 0.25) is 0 Å². The Bertz CT molecular complexity index is 583. The highest BCUT2D eigenvalue weighted by molar-refractivity contribution is 5.98. The fourth-order valence-electron chi connectivity index (χ4n) is 3.94. The van der Waals surface area contributed by atoms with Gasteiger partial charge >= 0.3 is 0 Å². The highest BCUT2D eigenvalue weighted by Gasteiger charge is 2.37. The van der Waals surface area contributed by atoms with Crippen molar-refractivity contribution in [3.63, 3.8) is 0 Å². The van der Waals surface area contributed by atoms with Crippen molar-refractivity contribution in [3.8, 4) is 11.5 Å². The van der Waals surface area contributed by atoms with Crippen LogP contribution in [0.15, 0.2) is 18.2 Å². The van der Waals surface area contributed by atoms with E-state index in [1.807, 2.05) is 30.1 Å². The summed E-state index contributed by atoms with van der Waals surface area (Å²) in [6, 6.07) is 7.01. The quantitative estimate of drug-likeness (QED) is 0.898. The summed E-state index contributed by atoms with van der Waals surface area (Å²) in [6.45, 7) is 1.04. The van der Waals surface area contributed by atoms with Gasteiger partial charge in [0.05, 0.1) is 5.56 Å². The smallest absolute Gasteiger partial charge is 0.257 e. The number of piperidine rings is 1. The second-order valence-electron chi connectivity index (χ2n) is 6.51. The molecule has 3 aliphatic heterocycles. The number of hydrogen-bond donors (Lipinski definition) is 1. The number of rotatable bonds is 2. The van der Waals surface area contributed by atoms with E-state index in [-0.39, 0.29) is 18.3 Å². The predicted octanol–water partition coefficient (Wildman–Crippen LogP) is 2.23. The molecule has 1 amide bonds. The first-order valence-electron chi connectivity index (χ1n) is 8.14. The summed E-state index contributed by atoms with van der Waals surface area (Å²) < 4.78 is 11.3. The van der Waals surface area contributed by atoms with Gasteiger partial charge in [0.15, 0.2) is 11.5 Å². The monoisotopic (exact) mass is 338 g/mol. The van der Waals surface area contributed by atoms with Crippen LogP contribution in [0.2, 0.25) is 0 Å². The normalized spacial score (nSPS) is 28.0. The zero-order chi connectivity index (χ0) is 15.1. The van der Waals surface area contributed by atoms with Gasteiger partial charge in [-0.1, -0.05) is 6.07 Å². The topological polar surface area (TPSA) is 50.8 Å². The maximum Gasteiger partial charge on any atom is 0.257 e. The van der Waals surface area contributed by atoms with E-state index >= 15 is 0 Å². The number of hydrogen-bond acceptors (Lipinski definition) is 4. The zero-order valence-electron chi connectivity index (χ0n) is 13.3. The number of fused-ring (bicyclic) bond motifs is 3. The van der Waals surface area contributed by atoms with Gasteiger partial charge in [0.25, 0.3) is 5.91 Å².